The summed E-state index contributed by atoms with van der Waals surface area (Å²) in [6.45, 7) is 0. The first kappa shape index (κ1) is 21.3. The van der Waals surface area contributed by atoms with Crippen molar-refractivity contribution in [3.63, 3.8) is 0 Å². The van der Waals surface area contributed by atoms with Gasteiger partial charge >= 0.3 is 0 Å². The number of nitrogens with zero attached hydrogens (tertiary/aromatic N) is 2. The SMILES string of the molecule is O=C(N/N=C\[C@H]1C(=O)NC(=S)N(c2ccc(Br)cc2)C1=O)c1ccc(I)c(O)c1. The van der Waals surface area contributed by atoms with Crippen molar-refractivity contribution < 1.29 is 19.5 Å². The van der Waals surface area contributed by atoms with Gasteiger partial charge in [0.25, 0.3) is 11.8 Å². The predicted octanol–water partition coefficient (Wildman–Crippen LogP) is 2.54. The number of anilines is 1. The number of carbonyl (C=O) groups is 3. The van der Waals surface area contributed by atoms with Crippen LogP contribution in [-0.2, 0) is 9.59 Å². The third-order valence-electron chi connectivity index (χ3n) is 3.88. The highest BCUT2D eigenvalue weighted by Crippen LogP contribution is 2.23. The van der Waals surface area contributed by atoms with Crippen LogP contribution < -0.4 is 15.6 Å². The number of benzene rings is 2. The Hall–Kier alpha value is -2.38. The Balaban J connectivity index is 1.74. The van der Waals surface area contributed by atoms with Crippen LogP contribution in [-0.4, -0.2) is 34.2 Å². The molecule has 1 saturated heterocycles. The lowest BCUT2D eigenvalue weighted by molar-refractivity contribution is -0.130. The van der Waals surface area contributed by atoms with Gasteiger partial charge in [0.15, 0.2) is 11.0 Å². The number of hydrogen-bond acceptors (Lipinski definition) is 6. The molecule has 8 nitrogen and oxygen atoms in total. The monoisotopic (exact) mass is 586 g/mol. The fourth-order valence-corrected chi connectivity index (χ4v) is 3.34. The number of carbonyl (C=O) groups excluding carboxylic acids is 3. The molecule has 2 aromatic rings. The lowest BCUT2D eigenvalue weighted by atomic mass is 10.1. The molecule has 3 rings (SSSR count). The van der Waals surface area contributed by atoms with Crippen molar-refractivity contribution in [2.45, 2.75) is 0 Å². The second-order valence-electron chi connectivity index (χ2n) is 5.81. The van der Waals surface area contributed by atoms with E-state index in [1.807, 2.05) is 22.6 Å². The second-order valence-corrected chi connectivity index (χ2v) is 8.27. The average Bonchev–Trinajstić information content (AvgIpc) is 2.67. The number of amides is 3. The summed E-state index contributed by atoms with van der Waals surface area (Å²) < 4.78 is 1.42. The fraction of sp³-hybridized carbons (Fsp3) is 0.0556. The van der Waals surface area contributed by atoms with E-state index in [1.54, 1.807) is 30.3 Å². The van der Waals surface area contributed by atoms with E-state index in [1.165, 1.54) is 17.0 Å². The molecule has 148 valence electrons. The molecule has 29 heavy (non-hydrogen) atoms. The Kier molecular flexibility index (Phi) is 6.59. The van der Waals surface area contributed by atoms with Gasteiger partial charge in [-0.15, -0.1) is 0 Å². The highest BCUT2D eigenvalue weighted by atomic mass is 127. The molecule has 11 heteroatoms. The Morgan fingerprint density at radius 2 is 1.97 bits per heavy atom. The maximum atomic E-state index is 12.8. The third kappa shape index (κ3) is 4.79. The smallest absolute Gasteiger partial charge is 0.271 e. The molecule has 1 aliphatic heterocycles. The first-order valence-corrected chi connectivity index (χ1v) is 10.3. The van der Waals surface area contributed by atoms with Gasteiger partial charge in [0.05, 0.1) is 9.26 Å². The minimum Gasteiger partial charge on any atom is -0.507 e. The Morgan fingerprint density at radius 3 is 2.62 bits per heavy atom. The minimum atomic E-state index is -1.27. The first-order chi connectivity index (χ1) is 13.8. The van der Waals surface area contributed by atoms with Gasteiger partial charge < -0.3 is 10.4 Å². The highest BCUT2D eigenvalue weighted by molar-refractivity contribution is 14.1. The van der Waals surface area contributed by atoms with E-state index >= 15 is 0 Å². The largest absolute Gasteiger partial charge is 0.507 e. The molecule has 2 aromatic carbocycles. The molecule has 0 bridgehead atoms. The summed E-state index contributed by atoms with van der Waals surface area (Å²) in [7, 11) is 0. The molecule has 1 heterocycles. The summed E-state index contributed by atoms with van der Waals surface area (Å²) in [5.41, 5.74) is 2.90. The molecule has 0 spiro atoms. The van der Waals surface area contributed by atoms with E-state index in [0.717, 1.165) is 10.7 Å². The van der Waals surface area contributed by atoms with E-state index in [2.05, 4.69) is 31.8 Å². The quantitative estimate of drug-likeness (QED) is 0.168. The number of phenolic OH excluding ortho intramolecular Hbond substituents is 1. The molecule has 1 fully saturated rings. The molecule has 3 N–H and O–H groups in total. The number of hydrogen-bond donors (Lipinski definition) is 3. The van der Waals surface area contributed by atoms with Crippen LogP contribution in [0, 0.1) is 9.49 Å². The van der Waals surface area contributed by atoms with Crippen molar-refractivity contribution >= 4 is 85.5 Å². The number of rotatable bonds is 4. The van der Waals surface area contributed by atoms with E-state index in [0.29, 0.717) is 9.26 Å². The Bertz CT molecular complexity index is 1040. The van der Waals surface area contributed by atoms with Gasteiger partial charge in [0.1, 0.15) is 5.75 Å². The molecule has 0 saturated carbocycles. The van der Waals surface area contributed by atoms with Gasteiger partial charge in [-0.25, -0.2) is 5.43 Å². The van der Waals surface area contributed by atoms with Crippen LogP contribution >= 0.6 is 50.7 Å². The third-order valence-corrected chi connectivity index (χ3v) is 5.61. The van der Waals surface area contributed by atoms with Crippen LogP contribution in [0.4, 0.5) is 5.69 Å². The summed E-state index contributed by atoms with van der Waals surface area (Å²) >= 11 is 10.4. The van der Waals surface area contributed by atoms with Crippen LogP contribution in [0.25, 0.3) is 0 Å². The average molecular weight is 587 g/mol. The topological polar surface area (TPSA) is 111 Å². The minimum absolute atomic E-state index is 0.0367. The number of phenols is 1. The van der Waals surface area contributed by atoms with Crippen molar-refractivity contribution in [1.29, 1.82) is 0 Å². The number of thiocarbonyl (C=S) groups is 1. The van der Waals surface area contributed by atoms with E-state index < -0.39 is 23.6 Å². The zero-order valence-electron chi connectivity index (χ0n) is 14.4. The van der Waals surface area contributed by atoms with Gasteiger partial charge in [0, 0.05) is 16.3 Å². The van der Waals surface area contributed by atoms with Crippen LogP contribution in [0.5, 0.6) is 5.75 Å². The molecular formula is C18H12BrIN4O4S. The number of hydrazone groups is 1. The molecule has 3 amide bonds. The first-order valence-electron chi connectivity index (χ1n) is 8.04. The summed E-state index contributed by atoms with van der Waals surface area (Å²) in [5, 5.41) is 15.8. The second kappa shape index (κ2) is 8.97. The van der Waals surface area contributed by atoms with E-state index in [9.17, 15) is 19.5 Å². The van der Waals surface area contributed by atoms with Gasteiger partial charge in [-0.2, -0.15) is 5.10 Å². The lowest BCUT2D eigenvalue weighted by Crippen LogP contribution is -2.58. The van der Waals surface area contributed by atoms with Crippen molar-refractivity contribution in [3.05, 3.63) is 56.1 Å². The number of aromatic hydroxyl groups is 1. The van der Waals surface area contributed by atoms with E-state index in [4.69, 9.17) is 12.2 Å². The Labute approximate surface area is 192 Å². The fourth-order valence-electron chi connectivity index (χ4n) is 2.45. The van der Waals surface area contributed by atoms with Crippen LogP contribution in [0.15, 0.2) is 52.0 Å². The van der Waals surface area contributed by atoms with Crippen LogP contribution in [0.2, 0.25) is 0 Å². The van der Waals surface area contributed by atoms with E-state index in [-0.39, 0.29) is 16.4 Å². The van der Waals surface area contributed by atoms with Gasteiger partial charge in [-0.05, 0) is 77.3 Å². The van der Waals surface area contributed by atoms with Gasteiger partial charge in [0.2, 0.25) is 5.91 Å². The van der Waals surface area contributed by atoms with Crippen molar-refractivity contribution in [2.24, 2.45) is 11.0 Å². The molecule has 0 radical (unpaired) electrons. The molecule has 1 atom stereocenters. The van der Waals surface area contributed by atoms with Gasteiger partial charge in [-0.3, -0.25) is 19.3 Å². The predicted molar refractivity (Wildman–Crippen MR) is 123 cm³/mol. The van der Waals surface area contributed by atoms with Crippen LogP contribution in [0.3, 0.4) is 0 Å². The normalized spacial score (nSPS) is 16.8. The van der Waals surface area contributed by atoms with Gasteiger partial charge in [-0.1, -0.05) is 15.9 Å². The van der Waals surface area contributed by atoms with Crippen molar-refractivity contribution in [1.82, 2.24) is 10.7 Å². The zero-order chi connectivity index (χ0) is 21.1. The number of halogens is 2. The summed E-state index contributed by atoms with van der Waals surface area (Å²) in [5.74, 6) is -3.14. The summed E-state index contributed by atoms with van der Waals surface area (Å²) in [4.78, 5) is 38.3. The molecule has 1 aliphatic rings. The molecule has 0 unspecified atom stereocenters. The Morgan fingerprint density at radius 1 is 1.28 bits per heavy atom. The highest BCUT2D eigenvalue weighted by Gasteiger charge is 2.38. The lowest BCUT2D eigenvalue weighted by Gasteiger charge is -2.30. The standard InChI is InChI=1S/C18H12BrIN4O4S/c19-10-2-4-11(5-3-10)24-17(28)12(16(27)22-18(24)29)8-21-23-15(26)9-1-6-13(20)14(25)7-9/h1-8,12,25H,(H,23,26)(H,22,27,29)/b21-8-/t12-/m0/s1. The van der Waals surface area contributed by atoms with Crippen LogP contribution in [0.1, 0.15) is 10.4 Å². The van der Waals surface area contributed by atoms with Crippen molar-refractivity contribution in [3.8, 4) is 5.75 Å². The summed E-state index contributed by atoms with van der Waals surface area (Å²) in [6.07, 6.45) is 1.04. The molecule has 0 aromatic heterocycles. The maximum Gasteiger partial charge on any atom is 0.271 e. The molecule has 0 aliphatic carbocycles. The zero-order valence-corrected chi connectivity index (χ0v) is 19.0. The number of nitrogens with one attached hydrogen (secondary N) is 2. The maximum absolute atomic E-state index is 12.8. The summed E-state index contributed by atoms with van der Waals surface area (Å²) in [6, 6.07) is 11.2. The van der Waals surface area contributed by atoms with Crippen molar-refractivity contribution in [2.75, 3.05) is 4.90 Å². The molecular weight excluding hydrogens is 575 g/mol.